The Morgan fingerprint density at radius 3 is 2.76 bits per heavy atom. The van der Waals surface area contributed by atoms with Crippen LogP contribution in [0.1, 0.15) is 12.5 Å². The van der Waals surface area contributed by atoms with Gasteiger partial charge < -0.3 is 11.1 Å². The predicted octanol–water partition coefficient (Wildman–Crippen LogP) is 4.46. The molecule has 0 aliphatic carbocycles. The third-order valence-electron chi connectivity index (χ3n) is 3.00. The highest BCUT2D eigenvalue weighted by Crippen LogP contribution is 2.27. The van der Waals surface area contributed by atoms with E-state index in [-0.39, 0.29) is 11.2 Å². The Hall–Kier alpha value is -1.46. The van der Waals surface area contributed by atoms with Gasteiger partial charge in [0, 0.05) is 20.7 Å². The van der Waals surface area contributed by atoms with Gasteiger partial charge in [0.2, 0.25) is 5.91 Å². The van der Waals surface area contributed by atoms with Crippen LogP contribution in [0.3, 0.4) is 0 Å². The monoisotopic (exact) mass is 364 g/mol. The molecule has 1 unspecified atom stereocenters. The highest BCUT2D eigenvalue weighted by atomic mass is 79.9. The van der Waals surface area contributed by atoms with E-state index in [1.54, 1.807) is 6.07 Å². The van der Waals surface area contributed by atoms with Crippen LogP contribution >= 0.6 is 27.7 Å². The van der Waals surface area contributed by atoms with Crippen molar-refractivity contribution in [1.29, 1.82) is 0 Å². The van der Waals surface area contributed by atoms with Crippen molar-refractivity contribution < 1.29 is 4.79 Å². The van der Waals surface area contributed by atoms with Crippen molar-refractivity contribution in [3.05, 3.63) is 52.5 Å². The Morgan fingerprint density at radius 2 is 2.05 bits per heavy atom. The first-order valence-electron chi connectivity index (χ1n) is 6.55. The molecule has 0 heterocycles. The van der Waals surface area contributed by atoms with Gasteiger partial charge in [-0.2, -0.15) is 0 Å². The SMILES string of the molecule is Cc1ccc(N)cc1NC(=O)C(C)Sc1cccc(Br)c1. The van der Waals surface area contributed by atoms with Crippen molar-refractivity contribution in [3.8, 4) is 0 Å². The minimum absolute atomic E-state index is 0.0336. The Morgan fingerprint density at radius 1 is 1.29 bits per heavy atom. The lowest BCUT2D eigenvalue weighted by molar-refractivity contribution is -0.115. The molecule has 21 heavy (non-hydrogen) atoms. The van der Waals surface area contributed by atoms with Gasteiger partial charge in [0.1, 0.15) is 0 Å². The lowest BCUT2D eigenvalue weighted by Crippen LogP contribution is -2.22. The van der Waals surface area contributed by atoms with Crippen molar-refractivity contribution in [2.24, 2.45) is 0 Å². The number of nitrogens with two attached hydrogens (primary N) is 1. The molecule has 0 spiro atoms. The van der Waals surface area contributed by atoms with Crippen molar-refractivity contribution in [3.63, 3.8) is 0 Å². The topological polar surface area (TPSA) is 55.1 Å². The number of carbonyl (C=O) groups is 1. The molecule has 1 amide bonds. The highest BCUT2D eigenvalue weighted by Gasteiger charge is 2.15. The maximum absolute atomic E-state index is 12.3. The number of benzene rings is 2. The molecule has 3 N–H and O–H groups in total. The van der Waals surface area contributed by atoms with E-state index in [1.807, 2.05) is 50.2 Å². The van der Waals surface area contributed by atoms with Crippen molar-refractivity contribution in [2.75, 3.05) is 11.1 Å². The van der Waals surface area contributed by atoms with Gasteiger partial charge in [0.15, 0.2) is 0 Å². The third kappa shape index (κ3) is 4.51. The average Bonchev–Trinajstić information content (AvgIpc) is 2.43. The van der Waals surface area contributed by atoms with Crippen LogP contribution in [0, 0.1) is 6.92 Å². The van der Waals surface area contributed by atoms with Crippen LogP contribution in [0.2, 0.25) is 0 Å². The van der Waals surface area contributed by atoms with E-state index in [4.69, 9.17) is 5.73 Å². The second-order valence-corrected chi connectivity index (χ2v) is 7.11. The lowest BCUT2D eigenvalue weighted by Gasteiger charge is -2.14. The molecule has 3 nitrogen and oxygen atoms in total. The van der Waals surface area contributed by atoms with E-state index < -0.39 is 0 Å². The van der Waals surface area contributed by atoms with Crippen molar-refractivity contribution in [1.82, 2.24) is 0 Å². The molecule has 2 rings (SSSR count). The van der Waals surface area contributed by atoms with Gasteiger partial charge in [0.25, 0.3) is 0 Å². The lowest BCUT2D eigenvalue weighted by atomic mass is 10.2. The number of amides is 1. The van der Waals surface area contributed by atoms with Gasteiger partial charge in [-0.15, -0.1) is 11.8 Å². The van der Waals surface area contributed by atoms with E-state index in [2.05, 4.69) is 21.2 Å². The first-order chi connectivity index (χ1) is 9.95. The van der Waals surface area contributed by atoms with E-state index in [9.17, 15) is 4.79 Å². The summed E-state index contributed by atoms with van der Waals surface area (Å²) in [6, 6.07) is 13.4. The zero-order valence-electron chi connectivity index (χ0n) is 11.9. The number of halogens is 1. The van der Waals surface area contributed by atoms with E-state index in [0.29, 0.717) is 5.69 Å². The summed E-state index contributed by atoms with van der Waals surface area (Å²) in [6.45, 7) is 3.84. The van der Waals surface area contributed by atoms with Gasteiger partial charge in [-0.05, 0) is 49.7 Å². The number of nitrogens with one attached hydrogen (secondary N) is 1. The number of anilines is 2. The summed E-state index contributed by atoms with van der Waals surface area (Å²) in [5.41, 5.74) is 8.16. The van der Waals surface area contributed by atoms with Crippen LogP contribution in [0.4, 0.5) is 11.4 Å². The Kier molecular flexibility index (Phi) is 5.31. The molecule has 2 aromatic rings. The highest BCUT2D eigenvalue weighted by molar-refractivity contribution is 9.10. The standard InChI is InChI=1S/C16H17BrN2OS/c1-10-6-7-13(18)9-15(10)19-16(20)11(2)21-14-5-3-4-12(17)8-14/h3-9,11H,18H2,1-2H3,(H,19,20). The first kappa shape index (κ1) is 15.9. The molecule has 5 heteroatoms. The fourth-order valence-corrected chi connectivity index (χ4v) is 3.28. The molecule has 0 aliphatic rings. The van der Waals surface area contributed by atoms with E-state index in [0.717, 1.165) is 20.6 Å². The molecule has 0 aromatic heterocycles. The van der Waals surface area contributed by atoms with E-state index in [1.165, 1.54) is 11.8 Å². The molecule has 0 bridgehead atoms. The second-order valence-electron chi connectivity index (χ2n) is 4.78. The van der Waals surface area contributed by atoms with Crippen LogP contribution in [-0.2, 0) is 4.79 Å². The molecule has 110 valence electrons. The maximum atomic E-state index is 12.3. The number of thioether (sulfide) groups is 1. The van der Waals surface area contributed by atoms with Gasteiger partial charge in [-0.25, -0.2) is 0 Å². The fourth-order valence-electron chi connectivity index (χ4n) is 1.81. The molecule has 1 atom stereocenters. The molecule has 0 saturated carbocycles. The smallest absolute Gasteiger partial charge is 0.237 e. The number of nitrogen functional groups attached to an aromatic ring is 1. The summed E-state index contributed by atoms with van der Waals surface area (Å²) in [5, 5.41) is 2.74. The van der Waals surface area contributed by atoms with Crippen LogP contribution < -0.4 is 11.1 Å². The zero-order valence-corrected chi connectivity index (χ0v) is 14.3. The number of rotatable bonds is 4. The van der Waals surface area contributed by atoms with Crippen LogP contribution in [0.25, 0.3) is 0 Å². The Labute approximate surface area is 137 Å². The minimum Gasteiger partial charge on any atom is -0.399 e. The van der Waals surface area contributed by atoms with Crippen molar-refractivity contribution in [2.45, 2.75) is 24.0 Å². The summed E-state index contributed by atoms with van der Waals surface area (Å²) < 4.78 is 1.01. The molecule has 0 saturated heterocycles. The Balaban J connectivity index is 2.04. The first-order valence-corrected chi connectivity index (χ1v) is 8.22. The predicted molar refractivity (Wildman–Crippen MR) is 93.7 cm³/mol. The molecule has 0 fully saturated rings. The van der Waals surface area contributed by atoms with Gasteiger partial charge >= 0.3 is 0 Å². The quantitative estimate of drug-likeness (QED) is 0.621. The number of carbonyl (C=O) groups excluding carboxylic acids is 1. The summed E-state index contributed by atoms with van der Waals surface area (Å²) in [6.07, 6.45) is 0. The number of hydrogen-bond donors (Lipinski definition) is 2. The summed E-state index contributed by atoms with van der Waals surface area (Å²) >= 11 is 4.95. The Bertz CT molecular complexity index is 660. The van der Waals surface area contributed by atoms with Gasteiger partial charge in [-0.3, -0.25) is 4.79 Å². The molecule has 0 radical (unpaired) electrons. The molecule has 2 aromatic carbocycles. The van der Waals surface area contributed by atoms with Gasteiger partial charge in [-0.1, -0.05) is 28.1 Å². The van der Waals surface area contributed by atoms with E-state index >= 15 is 0 Å². The molecule has 0 aliphatic heterocycles. The maximum Gasteiger partial charge on any atom is 0.237 e. The fraction of sp³-hybridized carbons (Fsp3) is 0.188. The third-order valence-corrected chi connectivity index (χ3v) is 4.58. The van der Waals surface area contributed by atoms with Crippen molar-refractivity contribution >= 4 is 45.0 Å². The second kappa shape index (κ2) is 7.00. The van der Waals surface area contributed by atoms with Gasteiger partial charge in [0.05, 0.1) is 5.25 Å². The summed E-state index contributed by atoms with van der Waals surface area (Å²) in [5.74, 6) is -0.0336. The molecular weight excluding hydrogens is 348 g/mol. The van der Waals surface area contributed by atoms with Crippen LogP contribution in [-0.4, -0.2) is 11.2 Å². The zero-order chi connectivity index (χ0) is 15.4. The molecular formula is C16H17BrN2OS. The minimum atomic E-state index is -0.194. The number of hydrogen-bond acceptors (Lipinski definition) is 3. The van der Waals surface area contributed by atoms with Crippen LogP contribution in [0.5, 0.6) is 0 Å². The summed E-state index contributed by atoms with van der Waals surface area (Å²) in [7, 11) is 0. The normalized spacial score (nSPS) is 12.0. The average molecular weight is 365 g/mol. The van der Waals surface area contributed by atoms with Crippen LogP contribution in [0.15, 0.2) is 51.8 Å². The summed E-state index contributed by atoms with van der Waals surface area (Å²) in [4.78, 5) is 13.3. The number of aryl methyl sites for hydroxylation is 1. The largest absolute Gasteiger partial charge is 0.399 e.